The molecule has 1 fully saturated rings. The number of ether oxygens (including phenoxy) is 1. The Morgan fingerprint density at radius 1 is 1.25 bits per heavy atom. The molecule has 2 nitrogen and oxygen atoms in total. The van der Waals surface area contributed by atoms with Crippen LogP contribution in [0.25, 0.3) is 0 Å². The first-order valence-corrected chi connectivity index (χ1v) is 6.19. The molecule has 0 atom stereocenters. The first-order chi connectivity index (χ1) is 7.80. The molecule has 16 heavy (non-hydrogen) atoms. The molecule has 0 heterocycles. The average molecular weight is 219 g/mol. The minimum absolute atomic E-state index is 0.415. The van der Waals surface area contributed by atoms with Crippen LogP contribution in [0.4, 0.5) is 0 Å². The van der Waals surface area contributed by atoms with Gasteiger partial charge < -0.3 is 10.1 Å². The van der Waals surface area contributed by atoms with Crippen LogP contribution >= 0.6 is 0 Å². The molecule has 0 aromatic heterocycles. The van der Waals surface area contributed by atoms with Gasteiger partial charge in [-0.3, -0.25) is 0 Å². The standard InChI is InChI=1S/C14H21NO/c1-3-10-16-13-6-4-12(5-7-13)14(8-9-14)11-15-2/h4-7,15H,3,8-11H2,1-2H3. The minimum atomic E-state index is 0.415. The Hall–Kier alpha value is -1.02. The quantitative estimate of drug-likeness (QED) is 0.794. The monoisotopic (exact) mass is 219 g/mol. The van der Waals surface area contributed by atoms with Gasteiger partial charge in [0.15, 0.2) is 0 Å². The van der Waals surface area contributed by atoms with Crippen LogP contribution in [-0.2, 0) is 5.41 Å². The molecular weight excluding hydrogens is 198 g/mol. The Morgan fingerprint density at radius 3 is 2.44 bits per heavy atom. The summed E-state index contributed by atoms with van der Waals surface area (Å²) in [7, 11) is 2.03. The predicted molar refractivity (Wildman–Crippen MR) is 67.1 cm³/mol. The van der Waals surface area contributed by atoms with Crippen molar-refractivity contribution in [3.8, 4) is 5.75 Å². The van der Waals surface area contributed by atoms with Crippen molar-refractivity contribution in [1.82, 2.24) is 5.32 Å². The van der Waals surface area contributed by atoms with Crippen LogP contribution < -0.4 is 10.1 Å². The van der Waals surface area contributed by atoms with Crippen LogP contribution in [0.5, 0.6) is 5.75 Å². The Bertz CT molecular complexity index is 327. The zero-order valence-electron chi connectivity index (χ0n) is 10.3. The highest BCUT2D eigenvalue weighted by Gasteiger charge is 2.43. The first kappa shape index (κ1) is 11.5. The van der Waals surface area contributed by atoms with Crippen molar-refractivity contribution in [2.24, 2.45) is 0 Å². The number of hydrogen-bond donors (Lipinski definition) is 1. The Kier molecular flexibility index (Phi) is 3.49. The fraction of sp³-hybridized carbons (Fsp3) is 0.571. The average Bonchev–Trinajstić information content (AvgIpc) is 3.09. The highest BCUT2D eigenvalue weighted by Crippen LogP contribution is 2.47. The molecule has 1 aliphatic carbocycles. The second kappa shape index (κ2) is 4.88. The second-order valence-corrected chi connectivity index (χ2v) is 4.68. The van der Waals surface area contributed by atoms with E-state index in [4.69, 9.17) is 4.74 Å². The van der Waals surface area contributed by atoms with E-state index in [9.17, 15) is 0 Å². The van der Waals surface area contributed by atoms with Gasteiger partial charge in [0.2, 0.25) is 0 Å². The van der Waals surface area contributed by atoms with Crippen LogP contribution in [0.2, 0.25) is 0 Å². The molecule has 0 saturated heterocycles. The molecule has 2 rings (SSSR count). The molecule has 1 aliphatic rings. The normalized spacial score (nSPS) is 17.1. The minimum Gasteiger partial charge on any atom is -0.494 e. The van der Waals surface area contributed by atoms with Crippen molar-refractivity contribution in [1.29, 1.82) is 0 Å². The number of hydrogen-bond acceptors (Lipinski definition) is 2. The van der Waals surface area contributed by atoms with E-state index < -0.39 is 0 Å². The van der Waals surface area contributed by atoms with E-state index in [1.165, 1.54) is 18.4 Å². The second-order valence-electron chi connectivity index (χ2n) is 4.68. The lowest BCUT2D eigenvalue weighted by Gasteiger charge is -2.15. The van der Waals surface area contributed by atoms with Gasteiger partial charge in [-0.2, -0.15) is 0 Å². The summed E-state index contributed by atoms with van der Waals surface area (Å²) in [4.78, 5) is 0. The van der Waals surface area contributed by atoms with E-state index >= 15 is 0 Å². The smallest absolute Gasteiger partial charge is 0.119 e. The molecule has 0 spiro atoms. The van der Waals surface area contributed by atoms with Gasteiger partial charge in [0, 0.05) is 12.0 Å². The van der Waals surface area contributed by atoms with Crippen LogP contribution in [0.15, 0.2) is 24.3 Å². The van der Waals surface area contributed by atoms with Gasteiger partial charge in [-0.05, 0) is 44.0 Å². The number of rotatable bonds is 6. The topological polar surface area (TPSA) is 21.3 Å². The lowest BCUT2D eigenvalue weighted by Crippen LogP contribution is -2.23. The molecule has 1 aromatic carbocycles. The summed E-state index contributed by atoms with van der Waals surface area (Å²) >= 11 is 0. The van der Waals surface area contributed by atoms with Crippen LogP contribution in [0.3, 0.4) is 0 Å². The molecule has 0 bridgehead atoms. The van der Waals surface area contributed by atoms with Crippen molar-refractivity contribution in [2.45, 2.75) is 31.6 Å². The summed E-state index contributed by atoms with van der Waals surface area (Å²) in [6.07, 6.45) is 3.68. The van der Waals surface area contributed by atoms with Gasteiger partial charge in [0.1, 0.15) is 5.75 Å². The van der Waals surface area contributed by atoms with Gasteiger partial charge in [-0.25, -0.2) is 0 Å². The molecule has 88 valence electrons. The van der Waals surface area contributed by atoms with Crippen molar-refractivity contribution in [3.63, 3.8) is 0 Å². The molecule has 1 N–H and O–H groups in total. The van der Waals surface area contributed by atoms with E-state index in [1.54, 1.807) is 0 Å². The van der Waals surface area contributed by atoms with Crippen LogP contribution in [0, 0.1) is 0 Å². The van der Waals surface area contributed by atoms with Gasteiger partial charge >= 0.3 is 0 Å². The molecule has 2 heteroatoms. The fourth-order valence-electron chi connectivity index (χ4n) is 2.18. The SMILES string of the molecule is CCCOc1ccc(C2(CNC)CC2)cc1. The van der Waals surface area contributed by atoms with E-state index in [-0.39, 0.29) is 0 Å². The Labute approximate surface area is 98.0 Å². The summed E-state index contributed by atoms with van der Waals surface area (Å²) in [5.41, 5.74) is 1.86. The number of benzene rings is 1. The maximum atomic E-state index is 5.59. The zero-order valence-corrected chi connectivity index (χ0v) is 10.3. The third-order valence-corrected chi connectivity index (χ3v) is 3.31. The van der Waals surface area contributed by atoms with E-state index in [1.807, 2.05) is 7.05 Å². The molecule has 1 aromatic rings. The molecule has 0 unspecified atom stereocenters. The Morgan fingerprint density at radius 2 is 1.94 bits per heavy atom. The highest BCUT2D eigenvalue weighted by molar-refractivity contribution is 5.36. The summed E-state index contributed by atoms with van der Waals surface area (Å²) in [6, 6.07) is 8.63. The summed E-state index contributed by atoms with van der Waals surface area (Å²) in [5, 5.41) is 3.29. The van der Waals surface area contributed by atoms with Crippen molar-refractivity contribution < 1.29 is 4.74 Å². The van der Waals surface area contributed by atoms with Crippen molar-refractivity contribution in [2.75, 3.05) is 20.2 Å². The number of nitrogens with one attached hydrogen (secondary N) is 1. The van der Waals surface area contributed by atoms with Crippen molar-refractivity contribution in [3.05, 3.63) is 29.8 Å². The third-order valence-electron chi connectivity index (χ3n) is 3.31. The van der Waals surface area contributed by atoms with Gasteiger partial charge in [0.25, 0.3) is 0 Å². The van der Waals surface area contributed by atoms with Crippen molar-refractivity contribution >= 4 is 0 Å². The molecule has 0 aliphatic heterocycles. The van der Waals surface area contributed by atoms with Crippen LogP contribution in [0.1, 0.15) is 31.7 Å². The third kappa shape index (κ3) is 2.38. The molecule has 1 saturated carbocycles. The van der Waals surface area contributed by atoms with Gasteiger partial charge in [-0.1, -0.05) is 19.1 Å². The van der Waals surface area contributed by atoms with Gasteiger partial charge in [-0.15, -0.1) is 0 Å². The fourth-order valence-corrected chi connectivity index (χ4v) is 2.18. The lowest BCUT2D eigenvalue weighted by atomic mass is 9.96. The zero-order chi connectivity index (χ0) is 11.4. The summed E-state index contributed by atoms with van der Waals surface area (Å²) in [5.74, 6) is 0.992. The molecular formula is C14H21NO. The highest BCUT2D eigenvalue weighted by atomic mass is 16.5. The Balaban J connectivity index is 2.02. The first-order valence-electron chi connectivity index (χ1n) is 6.19. The van der Waals surface area contributed by atoms with Crippen LogP contribution in [-0.4, -0.2) is 20.2 Å². The summed E-state index contributed by atoms with van der Waals surface area (Å²) < 4.78 is 5.59. The maximum absolute atomic E-state index is 5.59. The molecule has 0 amide bonds. The van der Waals surface area contributed by atoms with E-state index in [0.717, 1.165) is 25.3 Å². The van der Waals surface area contributed by atoms with E-state index in [2.05, 4.69) is 36.5 Å². The largest absolute Gasteiger partial charge is 0.494 e. The lowest BCUT2D eigenvalue weighted by molar-refractivity contribution is 0.317. The van der Waals surface area contributed by atoms with Gasteiger partial charge in [0.05, 0.1) is 6.61 Å². The predicted octanol–water partition coefficient (Wildman–Crippen LogP) is 2.73. The maximum Gasteiger partial charge on any atom is 0.119 e. The van der Waals surface area contributed by atoms with E-state index in [0.29, 0.717) is 5.41 Å². The number of likely N-dealkylation sites (N-methyl/N-ethyl adjacent to an activating group) is 1. The molecule has 0 radical (unpaired) electrons. The summed E-state index contributed by atoms with van der Waals surface area (Å²) in [6.45, 7) is 4.02.